The van der Waals surface area contributed by atoms with Crippen LogP contribution in [0.1, 0.15) is 13.8 Å². The van der Waals surface area contributed by atoms with Gasteiger partial charge in [0.05, 0.1) is 0 Å². The molecule has 0 aromatic rings. The molecule has 1 atom stereocenters. The van der Waals surface area contributed by atoms with Crippen molar-refractivity contribution in [3.05, 3.63) is 0 Å². The van der Waals surface area contributed by atoms with E-state index in [4.69, 9.17) is 40.5 Å². The molecule has 7 heteroatoms. The zero-order valence-electron chi connectivity index (χ0n) is 7.80. The fraction of sp³-hybridized carbons (Fsp3) is 0.857. The second-order valence-corrected chi connectivity index (χ2v) is 5.51. The van der Waals surface area contributed by atoms with E-state index in [9.17, 15) is 4.79 Å². The van der Waals surface area contributed by atoms with Crippen LogP contribution >= 0.6 is 47.2 Å². The summed E-state index contributed by atoms with van der Waals surface area (Å²) in [5.74, 6) is -0.552. The van der Waals surface area contributed by atoms with Gasteiger partial charge < -0.3 is 10.5 Å². The summed E-state index contributed by atoms with van der Waals surface area (Å²) in [5.41, 5.74) is 5.49. The highest BCUT2D eigenvalue weighted by atomic mass is 35.6. The molecular weight excluding hydrogens is 272 g/mol. The molecule has 0 aliphatic carbocycles. The van der Waals surface area contributed by atoms with Crippen LogP contribution in [0.5, 0.6) is 0 Å². The molecule has 14 heavy (non-hydrogen) atoms. The molecule has 0 saturated heterocycles. The molecule has 0 amide bonds. The summed E-state index contributed by atoms with van der Waals surface area (Å²) in [4.78, 5) is 11.1. The first-order valence-electron chi connectivity index (χ1n) is 3.73. The first-order valence-corrected chi connectivity index (χ1v) is 4.86. The molecule has 0 unspecified atom stereocenters. The highest BCUT2D eigenvalue weighted by Gasteiger charge is 2.25. The number of ether oxygens (including phenoxy) is 1. The molecule has 3 nitrogen and oxygen atoms in total. The SMILES string of the molecule is CC(C)[C@H](N)C(=O)OCC(Cl)(Cl)Cl.Cl. The van der Waals surface area contributed by atoms with E-state index in [1.165, 1.54) is 0 Å². The highest BCUT2D eigenvalue weighted by molar-refractivity contribution is 6.67. The number of esters is 1. The summed E-state index contributed by atoms with van der Waals surface area (Å²) >= 11 is 16.1. The maximum absolute atomic E-state index is 11.1. The highest BCUT2D eigenvalue weighted by Crippen LogP contribution is 2.26. The van der Waals surface area contributed by atoms with Crippen molar-refractivity contribution in [2.75, 3.05) is 6.61 Å². The summed E-state index contributed by atoms with van der Waals surface area (Å²) in [6.45, 7) is 3.33. The van der Waals surface area contributed by atoms with Gasteiger partial charge in [0.15, 0.2) is 0 Å². The molecule has 0 spiro atoms. The number of hydrogen-bond donors (Lipinski definition) is 1. The van der Waals surface area contributed by atoms with Crippen molar-refractivity contribution >= 4 is 53.2 Å². The zero-order chi connectivity index (χ0) is 10.6. The predicted octanol–water partition coefficient (Wildman–Crippen LogP) is 2.30. The fourth-order valence-corrected chi connectivity index (χ4v) is 0.685. The second-order valence-electron chi connectivity index (χ2n) is 2.99. The molecule has 0 aliphatic rings. The van der Waals surface area contributed by atoms with Crippen LogP contribution in [0.4, 0.5) is 0 Å². The molecule has 0 saturated carbocycles. The van der Waals surface area contributed by atoms with E-state index in [-0.39, 0.29) is 24.9 Å². The standard InChI is InChI=1S/C7H12Cl3NO2.ClH/c1-4(2)5(11)6(12)13-3-7(8,9)10;/h4-5H,3,11H2,1-2H3;1H/t5-;/m0./s1. The number of halogens is 4. The first kappa shape index (κ1) is 17.0. The smallest absolute Gasteiger partial charge is 0.323 e. The van der Waals surface area contributed by atoms with Crippen LogP contribution in [-0.2, 0) is 9.53 Å². The van der Waals surface area contributed by atoms with E-state index in [0.717, 1.165) is 0 Å². The van der Waals surface area contributed by atoms with Crippen molar-refractivity contribution in [1.82, 2.24) is 0 Å². The minimum absolute atomic E-state index is 0. The minimum atomic E-state index is -1.58. The van der Waals surface area contributed by atoms with Gasteiger partial charge in [0.2, 0.25) is 3.79 Å². The lowest BCUT2D eigenvalue weighted by Gasteiger charge is -2.16. The van der Waals surface area contributed by atoms with E-state index < -0.39 is 15.8 Å². The molecule has 86 valence electrons. The molecule has 0 aromatic heterocycles. The van der Waals surface area contributed by atoms with E-state index in [1.807, 2.05) is 0 Å². The van der Waals surface area contributed by atoms with Gasteiger partial charge in [-0.2, -0.15) is 0 Å². The van der Waals surface area contributed by atoms with Crippen molar-refractivity contribution in [2.45, 2.75) is 23.7 Å². The Morgan fingerprint density at radius 3 is 2.14 bits per heavy atom. The van der Waals surface area contributed by atoms with Crippen LogP contribution in [0, 0.1) is 5.92 Å². The Balaban J connectivity index is 0. The lowest BCUT2D eigenvalue weighted by Crippen LogP contribution is -2.38. The number of carbonyl (C=O) groups excluding carboxylic acids is 1. The number of rotatable bonds is 3. The molecule has 2 N–H and O–H groups in total. The fourth-order valence-electron chi connectivity index (χ4n) is 0.521. The van der Waals surface area contributed by atoms with Gasteiger partial charge in [0, 0.05) is 0 Å². The molecule has 0 bridgehead atoms. The monoisotopic (exact) mass is 283 g/mol. The summed E-state index contributed by atoms with van der Waals surface area (Å²) in [6.07, 6.45) is 0. The van der Waals surface area contributed by atoms with Gasteiger partial charge in [-0.3, -0.25) is 4.79 Å². The minimum Gasteiger partial charge on any atom is -0.460 e. The third-order valence-electron chi connectivity index (χ3n) is 1.37. The van der Waals surface area contributed by atoms with E-state index in [0.29, 0.717) is 0 Å². The third kappa shape index (κ3) is 7.94. The van der Waals surface area contributed by atoms with Crippen molar-refractivity contribution < 1.29 is 9.53 Å². The van der Waals surface area contributed by atoms with Crippen molar-refractivity contribution in [1.29, 1.82) is 0 Å². The summed E-state index contributed by atoms with van der Waals surface area (Å²) in [7, 11) is 0. The lowest BCUT2D eigenvalue weighted by atomic mass is 10.1. The van der Waals surface area contributed by atoms with Gasteiger partial charge in [-0.25, -0.2) is 0 Å². The number of hydrogen-bond acceptors (Lipinski definition) is 3. The molecule has 0 heterocycles. The van der Waals surface area contributed by atoms with Gasteiger partial charge in [0.1, 0.15) is 12.6 Å². The Bertz CT molecular complexity index is 181. The molecule has 0 aliphatic heterocycles. The third-order valence-corrected chi connectivity index (χ3v) is 1.70. The molecule has 0 aromatic carbocycles. The van der Waals surface area contributed by atoms with Crippen molar-refractivity contribution in [2.24, 2.45) is 11.7 Å². The number of carbonyl (C=O) groups is 1. The molecule has 0 rings (SSSR count). The summed E-state index contributed by atoms with van der Waals surface area (Å²) in [6, 6.07) is -0.674. The normalized spacial score (nSPS) is 13.4. The van der Waals surface area contributed by atoms with E-state index in [1.54, 1.807) is 13.8 Å². The lowest BCUT2D eigenvalue weighted by molar-refractivity contribution is -0.146. The Morgan fingerprint density at radius 1 is 1.43 bits per heavy atom. The van der Waals surface area contributed by atoms with Gasteiger partial charge in [0.25, 0.3) is 0 Å². The van der Waals surface area contributed by atoms with Crippen LogP contribution in [-0.4, -0.2) is 22.4 Å². The number of alkyl halides is 3. The van der Waals surface area contributed by atoms with Gasteiger partial charge in [-0.15, -0.1) is 12.4 Å². The maximum Gasteiger partial charge on any atom is 0.323 e. The average molecular weight is 285 g/mol. The summed E-state index contributed by atoms with van der Waals surface area (Å²) < 4.78 is 3.09. The van der Waals surface area contributed by atoms with Crippen LogP contribution in [0.3, 0.4) is 0 Å². The van der Waals surface area contributed by atoms with Crippen LogP contribution < -0.4 is 5.73 Å². The Hall–Kier alpha value is 0.590. The van der Waals surface area contributed by atoms with E-state index in [2.05, 4.69) is 4.74 Å². The van der Waals surface area contributed by atoms with Gasteiger partial charge in [-0.1, -0.05) is 48.7 Å². The Morgan fingerprint density at radius 2 is 1.86 bits per heavy atom. The largest absolute Gasteiger partial charge is 0.460 e. The van der Waals surface area contributed by atoms with Crippen LogP contribution in [0.2, 0.25) is 0 Å². The quantitative estimate of drug-likeness (QED) is 0.639. The average Bonchev–Trinajstić information content (AvgIpc) is 1.97. The van der Waals surface area contributed by atoms with Gasteiger partial charge in [-0.05, 0) is 5.92 Å². The Labute approximate surface area is 105 Å². The predicted molar refractivity (Wildman–Crippen MR) is 61.3 cm³/mol. The second kappa shape index (κ2) is 6.96. The van der Waals surface area contributed by atoms with Gasteiger partial charge >= 0.3 is 5.97 Å². The molecular formula is C7H13Cl4NO2. The Kier molecular flexibility index (Phi) is 8.45. The zero-order valence-corrected chi connectivity index (χ0v) is 10.9. The summed E-state index contributed by atoms with van der Waals surface area (Å²) in [5, 5.41) is 0. The van der Waals surface area contributed by atoms with Crippen molar-refractivity contribution in [3.8, 4) is 0 Å². The van der Waals surface area contributed by atoms with Crippen LogP contribution in [0.15, 0.2) is 0 Å². The number of nitrogens with two attached hydrogens (primary N) is 1. The first-order chi connectivity index (χ1) is 5.74. The topological polar surface area (TPSA) is 52.3 Å². The van der Waals surface area contributed by atoms with Crippen LogP contribution in [0.25, 0.3) is 0 Å². The van der Waals surface area contributed by atoms with E-state index >= 15 is 0 Å². The molecule has 0 fully saturated rings. The van der Waals surface area contributed by atoms with Crippen molar-refractivity contribution in [3.63, 3.8) is 0 Å². The molecule has 0 radical (unpaired) electrons. The maximum atomic E-state index is 11.1.